The Morgan fingerprint density at radius 3 is 2.29 bits per heavy atom. The van der Waals surface area contributed by atoms with E-state index in [1.807, 2.05) is 56.0 Å². The second-order valence-electron chi connectivity index (χ2n) is 11.5. The van der Waals surface area contributed by atoms with Crippen LogP contribution in [0.3, 0.4) is 0 Å². The molecule has 6 nitrogen and oxygen atoms in total. The van der Waals surface area contributed by atoms with E-state index in [-0.39, 0.29) is 34.5 Å². The summed E-state index contributed by atoms with van der Waals surface area (Å²) in [6.07, 6.45) is 0.567. The van der Waals surface area contributed by atoms with Crippen LogP contribution in [-0.4, -0.2) is 61.3 Å². The van der Waals surface area contributed by atoms with E-state index in [0.717, 1.165) is 5.56 Å². The van der Waals surface area contributed by atoms with Crippen LogP contribution in [-0.2, 0) is 20.4 Å². The lowest BCUT2D eigenvalue weighted by Gasteiger charge is -2.36. The summed E-state index contributed by atoms with van der Waals surface area (Å²) in [4.78, 5) is 28.2. The normalized spacial score (nSPS) is 26.5. The fraction of sp³-hybridized carbons (Fsp3) is 0.667. The van der Waals surface area contributed by atoms with E-state index in [1.165, 1.54) is 0 Å². The lowest BCUT2D eigenvalue weighted by atomic mass is 10.00. The molecule has 0 saturated carbocycles. The van der Waals surface area contributed by atoms with Gasteiger partial charge in [0.2, 0.25) is 11.8 Å². The highest BCUT2D eigenvalue weighted by Crippen LogP contribution is 2.40. The van der Waals surface area contributed by atoms with Crippen LogP contribution in [0.2, 0.25) is 18.1 Å². The molecule has 4 atom stereocenters. The minimum atomic E-state index is -1.94. The number of piperazine rings is 1. The number of amides is 2. The minimum Gasteiger partial charge on any atom is -0.415 e. The van der Waals surface area contributed by atoms with Gasteiger partial charge in [-0.05, 0) is 50.9 Å². The second kappa shape index (κ2) is 8.33. The van der Waals surface area contributed by atoms with Gasteiger partial charge in [-0.2, -0.15) is 0 Å². The number of nitrogens with zero attached hydrogens (tertiary/aromatic N) is 1. The molecule has 0 unspecified atom stereocenters. The number of benzene rings is 1. The van der Waals surface area contributed by atoms with Gasteiger partial charge in [0.1, 0.15) is 6.04 Å². The van der Waals surface area contributed by atoms with Crippen LogP contribution in [0.5, 0.6) is 0 Å². The molecule has 0 bridgehead atoms. The van der Waals surface area contributed by atoms with E-state index in [2.05, 4.69) is 44.5 Å². The molecule has 2 aliphatic rings. The number of carbonyl (C=O) groups excluding carboxylic acids is 2. The molecule has 2 aliphatic heterocycles. The molecule has 0 aliphatic carbocycles. The van der Waals surface area contributed by atoms with Gasteiger partial charge in [0.15, 0.2) is 8.32 Å². The molecular weight excluding hydrogens is 406 g/mol. The van der Waals surface area contributed by atoms with Crippen LogP contribution < -0.4 is 10.6 Å². The number of hydrogen-bond donors (Lipinski definition) is 2. The Morgan fingerprint density at radius 2 is 1.74 bits per heavy atom. The summed E-state index contributed by atoms with van der Waals surface area (Å²) < 4.78 is 6.43. The molecule has 2 heterocycles. The molecule has 7 heteroatoms. The molecule has 0 spiro atoms. The van der Waals surface area contributed by atoms with Crippen molar-refractivity contribution in [3.8, 4) is 0 Å². The van der Waals surface area contributed by atoms with Crippen LogP contribution in [0.15, 0.2) is 30.3 Å². The van der Waals surface area contributed by atoms with Gasteiger partial charge in [-0.25, -0.2) is 0 Å². The van der Waals surface area contributed by atoms with Crippen molar-refractivity contribution < 1.29 is 14.0 Å². The van der Waals surface area contributed by atoms with Crippen LogP contribution in [0.1, 0.15) is 47.1 Å². The van der Waals surface area contributed by atoms with Crippen molar-refractivity contribution >= 4 is 20.1 Å². The van der Waals surface area contributed by atoms with Crippen molar-refractivity contribution in [1.29, 1.82) is 0 Å². The highest BCUT2D eigenvalue weighted by molar-refractivity contribution is 6.74. The monoisotopic (exact) mass is 445 g/mol. The van der Waals surface area contributed by atoms with E-state index < -0.39 is 20.4 Å². The zero-order valence-corrected chi connectivity index (χ0v) is 21.3. The Hall–Kier alpha value is -1.70. The van der Waals surface area contributed by atoms with Gasteiger partial charge in [0.05, 0.1) is 24.7 Å². The molecule has 0 aromatic heterocycles. The number of nitrogens with one attached hydrogen (secondary N) is 2. The summed E-state index contributed by atoms with van der Waals surface area (Å²) in [5.41, 5.74) is 0.750. The van der Waals surface area contributed by atoms with Gasteiger partial charge in [0.25, 0.3) is 0 Å². The smallest absolute Gasteiger partial charge is 0.240 e. The number of hydrogen-bond acceptors (Lipinski definition) is 4. The molecular formula is C24H39N3O3Si. The summed E-state index contributed by atoms with van der Waals surface area (Å²) >= 11 is 0. The van der Waals surface area contributed by atoms with E-state index in [0.29, 0.717) is 13.0 Å². The molecule has 2 saturated heterocycles. The summed E-state index contributed by atoms with van der Waals surface area (Å²) in [6.45, 7) is 17.5. The Balaban J connectivity index is 1.77. The van der Waals surface area contributed by atoms with Gasteiger partial charge in [-0.1, -0.05) is 51.1 Å². The fourth-order valence-corrected chi connectivity index (χ4v) is 4.94. The third kappa shape index (κ3) is 5.38. The first kappa shape index (κ1) is 23.9. The van der Waals surface area contributed by atoms with Crippen LogP contribution in [0.25, 0.3) is 0 Å². The molecule has 2 amide bonds. The molecule has 3 rings (SSSR count). The fourth-order valence-electron chi connectivity index (χ4n) is 3.92. The number of carbonyl (C=O) groups is 2. The highest BCUT2D eigenvalue weighted by atomic mass is 28.4. The summed E-state index contributed by atoms with van der Waals surface area (Å²) in [5.74, 6) is 0.0142. The molecule has 0 radical (unpaired) electrons. The molecule has 1 aromatic rings. The Labute approximate surface area is 188 Å². The third-order valence-corrected chi connectivity index (χ3v) is 11.2. The van der Waals surface area contributed by atoms with Crippen molar-refractivity contribution in [2.45, 2.75) is 95.8 Å². The quantitative estimate of drug-likeness (QED) is 0.521. The highest BCUT2D eigenvalue weighted by Gasteiger charge is 2.62. The molecule has 31 heavy (non-hydrogen) atoms. The Kier molecular flexibility index (Phi) is 6.44. The van der Waals surface area contributed by atoms with Gasteiger partial charge in [-0.3, -0.25) is 14.9 Å². The van der Waals surface area contributed by atoms with E-state index >= 15 is 0 Å². The van der Waals surface area contributed by atoms with E-state index in [9.17, 15) is 9.59 Å². The largest absolute Gasteiger partial charge is 0.415 e. The van der Waals surface area contributed by atoms with Gasteiger partial charge in [-0.15, -0.1) is 0 Å². The SMILES string of the molecule is CC(C)(C)NC(=O)[C@@H]1N[C@H](Cc2ccccc2)C(=O)N2[C@H]1[C@H]2CO[Si](C)(C)C(C)(C)C. The van der Waals surface area contributed by atoms with E-state index in [1.54, 1.807) is 0 Å². The Morgan fingerprint density at radius 1 is 1.13 bits per heavy atom. The van der Waals surface area contributed by atoms with Gasteiger partial charge < -0.3 is 14.6 Å². The van der Waals surface area contributed by atoms with Crippen molar-refractivity contribution in [2.75, 3.05) is 6.61 Å². The maximum absolute atomic E-state index is 13.2. The molecule has 2 N–H and O–H groups in total. The predicted molar refractivity (Wildman–Crippen MR) is 126 cm³/mol. The zero-order chi connectivity index (χ0) is 23.2. The van der Waals surface area contributed by atoms with Gasteiger partial charge in [0, 0.05) is 5.54 Å². The Bertz CT molecular complexity index is 814. The maximum atomic E-state index is 13.2. The number of rotatable bonds is 6. The van der Waals surface area contributed by atoms with Crippen molar-refractivity contribution in [1.82, 2.24) is 15.5 Å². The van der Waals surface area contributed by atoms with Gasteiger partial charge >= 0.3 is 0 Å². The predicted octanol–water partition coefficient (Wildman–Crippen LogP) is 3.09. The lowest BCUT2D eigenvalue weighted by Crippen LogP contribution is -2.61. The average molecular weight is 446 g/mol. The first-order valence-corrected chi connectivity index (χ1v) is 14.2. The molecule has 172 valence electrons. The topological polar surface area (TPSA) is 70.4 Å². The van der Waals surface area contributed by atoms with Crippen LogP contribution in [0, 0.1) is 0 Å². The standard InChI is InChI=1S/C24H39N3O3Si/c1-23(2,3)26-21(28)19-20-18(15-30-31(7,8)24(4,5)6)27(20)22(29)17(25-19)14-16-12-10-9-11-13-16/h9-13,17-20,25H,14-15H2,1-8H3,(H,26,28)/t17-,18-,19-,20+,27?/m1/s1. The third-order valence-electron chi connectivity index (χ3n) is 6.74. The molecule has 2 fully saturated rings. The number of fused-ring (bicyclic) bond motifs is 1. The lowest BCUT2D eigenvalue weighted by molar-refractivity contribution is -0.133. The first-order valence-electron chi connectivity index (χ1n) is 11.3. The van der Waals surface area contributed by atoms with E-state index in [4.69, 9.17) is 4.43 Å². The molecule has 1 aromatic carbocycles. The van der Waals surface area contributed by atoms with Crippen molar-refractivity contribution in [3.05, 3.63) is 35.9 Å². The second-order valence-corrected chi connectivity index (χ2v) is 16.3. The van der Waals surface area contributed by atoms with Crippen molar-refractivity contribution in [2.24, 2.45) is 0 Å². The van der Waals surface area contributed by atoms with Crippen LogP contribution in [0.4, 0.5) is 0 Å². The first-order chi connectivity index (χ1) is 14.2. The zero-order valence-electron chi connectivity index (χ0n) is 20.3. The summed E-state index contributed by atoms with van der Waals surface area (Å²) in [7, 11) is -1.94. The summed E-state index contributed by atoms with van der Waals surface area (Å²) in [5, 5.41) is 6.57. The minimum absolute atomic E-state index is 0.0504. The van der Waals surface area contributed by atoms with Crippen LogP contribution >= 0.6 is 0 Å². The van der Waals surface area contributed by atoms with Crippen molar-refractivity contribution in [3.63, 3.8) is 0 Å². The maximum Gasteiger partial charge on any atom is 0.240 e. The average Bonchev–Trinajstić information content (AvgIpc) is 3.35. The summed E-state index contributed by atoms with van der Waals surface area (Å²) in [6, 6.07) is 8.92.